The lowest BCUT2D eigenvalue weighted by Crippen LogP contribution is -2.01. The van der Waals surface area contributed by atoms with Gasteiger partial charge in [-0.1, -0.05) is 35.3 Å². The summed E-state index contributed by atoms with van der Waals surface area (Å²) in [6.45, 7) is 2.58. The molecule has 0 radical (unpaired) electrons. The number of rotatable bonds is 3. The maximum atomic E-state index is 6.19. The Labute approximate surface area is 149 Å². The van der Waals surface area contributed by atoms with Crippen LogP contribution < -0.4 is 0 Å². The van der Waals surface area contributed by atoms with E-state index in [1.807, 2.05) is 61.5 Å². The average Bonchev–Trinajstić information content (AvgIpc) is 3.14. The number of imidazole rings is 1. The first-order chi connectivity index (χ1) is 11.6. The number of nitrogens with zero attached hydrogens (tertiary/aromatic N) is 2. The maximum absolute atomic E-state index is 6.19. The second kappa shape index (κ2) is 6.00. The molecular formula is C19H14Cl2N2O. The van der Waals surface area contributed by atoms with E-state index in [4.69, 9.17) is 32.6 Å². The van der Waals surface area contributed by atoms with E-state index in [1.165, 1.54) is 0 Å². The van der Waals surface area contributed by atoms with Gasteiger partial charge in [-0.05, 0) is 55.0 Å². The van der Waals surface area contributed by atoms with Crippen molar-refractivity contribution in [2.45, 2.75) is 13.5 Å². The van der Waals surface area contributed by atoms with Crippen LogP contribution >= 0.6 is 23.2 Å². The zero-order valence-electron chi connectivity index (χ0n) is 13.0. The van der Waals surface area contributed by atoms with Crippen LogP contribution in [0.4, 0.5) is 0 Å². The van der Waals surface area contributed by atoms with E-state index in [-0.39, 0.29) is 0 Å². The van der Waals surface area contributed by atoms with Gasteiger partial charge in [0, 0.05) is 16.6 Å². The molecule has 4 aromatic rings. The predicted molar refractivity (Wildman–Crippen MR) is 97.7 cm³/mol. The SMILES string of the molecule is Cc1ccc(-c2nc3ccc(Cl)cc3n2Cc2ccc(Cl)cc2)o1. The second-order valence-electron chi connectivity index (χ2n) is 5.69. The molecule has 120 valence electrons. The largest absolute Gasteiger partial charge is 0.458 e. The summed E-state index contributed by atoms with van der Waals surface area (Å²) in [6.07, 6.45) is 0. The molecule has 0 atom stereocenters. The molecule has 0 amide bonds. The summed E-state index contributed by atoms with van der Waals surface area (Å²) in [7, 11) is 0. The number of hydrogen-bond acceptors (Lipinski definition) is 2. The first-order valence-electron chi connectivity index (χ1n) is 7.57. The molecule has 2 aromatic heterocycles. The summed E-state index contributed by atoms with van der Waals surface area (Å²) in [5.41, 5.74) is 2.99. The van der Waals surface area contributed by atoms with Gasteiger partial charge in [0.1, 0.15) is 5.76 Å². The molecule has 0 aliphatic carbocycles. The van der Waals surface area contributed by atoms with Gasteiger partial charge in [-0.25, -0.2) is 4.98 Å². The molecule has 0 spiro atoms. The Bertz CT molecular complexity index is 1020. The van der Waals surface area contributed by atoms with Crippen LogP contribution in [0, 0.1) is 6.92 Å². The number of aromatic nitrogens is 2. The van der Waals surface area contributed by atoms with E-state index in [0.717, 1.165) is 39.0 Å². The zero-order valence-corrected chi connectivity index (χ0v) is 14.5. The topological polar surface area (TPSA) is 31.0 Å². The van der Waals surface area contributed by atoms with Crippen molar-refractivity contribution in [2.24, 2.45) is 0 Å². The monoisotopic (exact) mass is 356 g/mol. The molecule has 0 bridgehead atoms. The molecule has 0 aliphatic rings. The highest BCUT2D eigenvalue weighted by Crippen LogP contribution is 2.29. The van der Waals surface area contributed by atoms with Gasteiger partial charge in [-0.3, -0.25) is 0 Å². The third-order valence-electron chi connectivity index (χ3n) is 3.92. The van der Waals surface area contributed by atoms with Crippen molar-refractivity contribution >= 4 is 34.2 Å². The zero-order chi connectivity index (χ0) is 16.7. The summed E-state index contributed by atoms with van der Waals surface area (Å²) in [4.78, 5) is 4.74. The summed E-state index contributed by atoms with van der Waals surface area (Å²) >= 11 is 12.2. The maximum Gasteiger partial charge on any atom is 0.177 e. The van der Waals surface area contributed by atoms with Crippen LogP contribution in [0.25, 0.3) is 22.6 Å². The van der Waals surface area contributed by atoms with Crippen LogP contribution in [-0.4, -0.2) is 9.55 Å². The highest BCUT2D eigenvalue weighted by atomic mass is 35.5. The first kappa shape index (κ1) is 15.3. The number of furan rings is 1. The third-order valence-corrected chi connectivity index (χ3v) is 4.41. The van der Waals surface area contributed by atoms with Crippen LogP contribution in [0.5, 0.6) is 0 Å². The summed E-state index contributed by atoms with van der Waals surface area (Å²) in [5, 5.41) is 1.40. The van der Waals surface area contributed by atoms with Gasteiger partial charge in [0.2, 0.25) is 0 Å². The molecule has 0 fully saturated rings. The molecule has 3 nitrogen and oxygen atoms in total. The van der Waals surface area contributed by atoms with Gasteiger partial charge >= 0.3 is 0 Å². The molecular weight excluding hydrogens is 343 g/mol. The Morgan fingerprint density at radius 3 is 2.42 bits per heavy atom. The first-order valence-corrected chi connectivity index (χ1v) is 8.33. The van der Waals surface area contributed by atoms with Gasteiger partial charge in [0.05, 0.1) is 11.0 Å². The quantitative estimate of drug-likeness (QED) is 0.453. The Kier molecular flexibility index (Phi) is 3.83. The molecule has 0 saturated carbocycles. The van der Waals surface area contributed by atoms with E-state index in [9.17, 15) is 0 Å². The average molecular weight is 357 g/mol. The normalized spacial score (nSPS) is 11.3. The molecule has 0 aliphatic heterocycles. The second-order valence-corrected chi connectivity index (χ2v) is 6.56. The van der Waals surface area contributed by atoms with Crippen molar-refractivity contribution in [3.63, 3.8) is 0 Å². The summed E-state index contributed by atoms with van der Waals surface area (Å²) in [6, 6.07) is 17.4. The molecule has 2 heterocycles. The molecule has 0 saturated heterocycles. The van der Waals surface area contributed by atoms with Gasteiger partial charge in [0.25, 0.3) is 0 Å². The van der Waals surface area contributed by atoms with Crippen LogP contribution in [-0.2, 0) is 6.54 Å². The molecule has 2 aromatic carbocycles. The highest BCUT2D eigenvalue weighted by Gasteiger charge is 2.16. The van der Waals surface area contributed by atoms with Crippen LogP contribution in [0.1, 0.15) is 11.3 Å². The number of fused-ring (bicyclic) bond motifs is 1. The lowest BCUT2D eigenvalue weighted by molar-refractivity contribution is 0.540. The van der Waals surface area contributed by atoms with E-state index in [2.05, 4.69) is 4.57 Å². The lowest BCUT2D eigenvalue weighted by atomic mass is 10.2. The van der Waals surface area contributed by atoms with Crippen molar-refractivity contribution < 1.29 is 4.42 Å². The van der Waals surface area contributed by atoms with E-state index < -0.39 is 0 Å². The van der Waals surface area contributed by atoms with E-state index in [1.54, 1.807) is 0 Å². The Morgan fingerprint density at radius 2 is 1.71 bits per heavy atom. The van der Waals surface area contributed by atoms with Crippen LogP contribution in [0.3, 0.4) is 0 Å². The van der Waals surface area contributed by atoms with Crippen molar-refractivity contribution in [2.75, 3.05) is 0 Å². The molecule has 24 heavy (non-hydrogen) atoms. The molecule has 4 rings (SSSR count). The lowest BCUT2D eigenvalue weighted by Gasteiger charge is -2.08. The molecule has 5 heteroatoms. The van der Waals surface area contributed by atoms with Crippen molar-refractivity contribution in [3.05, 3.63) is 76.0 Å². The number of benzene rings is 2. The number of hydrogen-bond donors (Lipinski definition) is 0. The Balaban J connectivity index is 1.89. The van der Waals surface area contributed by atoms with Gasteiger partial charge in [0.15, 0.2) is 11.6 Å². The standard InChI is InChI=1S/C19H14Cl2N2O/c1-12-2-9-18(24-12)19-22-16-8-7-15(21)10-17(16)23(19)11-13-3-5-14(20)6-4-13/h2-10H,11H2,1H3. The predicted octanol–water partition coefficient (Wildman–Crippen LogP) is 5.96. The van der Waals surface area contributed by atoms with Gasteiger partial charge in [-0.2, -0.15) is 0 Å². The number of halogens is 2. The fraction of sp³-hybridized carbons (Fsp3) is 0.105. The minimum atomic E-state index is 0.656. The minimum absolute atomic E-state index is 0.656. The fourth-order valence-electron chi connectivity index (χ4n) is 2.77. The minimum Gasteiger partial charge on any atom is -0.458 e. The number of aryl methyl sites for hydroxylation is 1. The summed E-state index contributed by atoms with van der Waals surface area (Å²) in [5.74, 6) is 2.39. The Hall–Kier alpha value is -2.23. The Morgan fingerprint density at radius 1 is 0.958 bits per heavy atom. The fourth-order valence-corrected chi connectivity index (χ4v) is 3.06. The molecule has 0 unspecified atom stereocenters. The van der Waals surface area contributed by atoms with Crippen molar-refractivity contribution in [1.82, 2.24) is 9.55 Å². The third kappa shape index (κ3) is 2.81. The smallest absolute Gasteiger partial charge is 0.177 e. The van der Waals surface area contributed by atoms with E-state index >= 15 is 0 Å². The van der Waals surface area contributed by atoms with Crippen molar-refractivity contribution in [1.29, 1.82) is 0 Å². The van der Waals surface area contributed by atoms with E-state index in [0.29, 0.717) is 11.6 Å². The van der Waals surface area contributed by atoms with Crippen LogP contribution in [0.2, 0.25) is 10.0 Å². The summed E-state index contributed by atoms with van der Waals surface area (Å²) < 4.78 is 7.90. The molecule has 0 N–H and O–H groups in total. The van der Waals surface area contributed by atoms with Gasteiger partial charge in [-0.15, -0.1) is 0 Å². The van der Waals surface area contributed by atoms with Crippen LogP contribution in [0.15, 0.2) is 59.0 Å². The van der Waals surface area contributed by atoms with Crippen molar-refractivity contribution in [3.8, 4) is 11.6 Å². The van der Waals surface area contributed by atoms with Gasteiger partial charge < -0.3 is 8.98 Å². The highest BCUT2D eigenvalue weighted by molar-refractivity contribution is 6.31.